The van der Waals surface area contributed by atoms with E-state index in [2.05, 4.69) is 20.7 Å². The zero-order valence-electron chi connectivity index (χ0n) is 11.8. The van der Waals surface area contributed by atoms with Gasteiger partial charge in [-0.3, -0.25) is 0 Å². The Morgan fingerprint density at radius 2 is 1.81 bits per heavy atom. The van der Waals surface area contributed by atoms with Crippen molar-refractivity contribution in [1.29, 1.82) is 0 Å². The van der Waals surface area contributed by atoms with E-state index < -0.39 is 11.6 Å². The van der Waals surface area contributed by atoms with Crippen LogP contribution < -0.4 is 5.32 Å². The van der Waals surface area contributed by atoms with E-state index in [9.17, 15) is 8.78 Å². The van der Waals surface area contributed by atoms with Gasteiger partial charge in [-0.1, -0.05) is 19.3 Å². The third-order valence-electron chi connectivity index (χ3n) is 3.75. The van der Waals surface area contributed by atoms with Crippen molar-refractivity contribution >= 4 is 5.69 Å². The maximum atomic E-state index is 14.2. The smallest absolute Gasteiger partial charge is 0.210 e. The maximum Gasteiger partial charge on any atom is 0.210 e. The van der Waals surface area contributed by atoms with Gasteiger partial charge in [0.1, 0.15) is 11.6 Å². The van der Waals surface area contributed by atoms with E-state index in [1.54, 1.807) is 7.05 Å². The topological polar surface area (TPSA) is 55.6 Å². The lowest BCUT2D eigenvalue weighted by Crippen LogP contribution is -2.22. The van der Waals surface area contributed by atoms with Crippen LogP contribution in [0.1, 0.15) is 32.1 Å². The second-order valence-corrected chi connectivity index (χ2v) is 5.40. The van der Waals surface area contributed by atoms with Crippen molar-refractivity contribution < 1.29 is 8.78 Å². The molecule has 1 aliphatic carbocycles. The van der Waals surface area contributed by atoms with Crippen LogP contribution in [0.15, 0.2) is 12.1 Å². The molecule has 112 valence electrons. The summed E-state index contributed by atoms with van der Waals surface area (Å²) in [5.74, 6) is -1.40. The van der Waals surface area contributed by atoms with Crippen molar-refractivity contribution in [1.82, 2.24) is 20.2 Å². The predicted octanol–water partition coefficient (Wildman–Crippen LogP) is 2.90. The van der Waals surface area contributed by atoms with Crippen LogP contribution in [-0.4, -0.2) is 26.2 Å². The molecule has 1 saturated carbocycles. The fraction of sp³-hybridized carbons (Fsp3) is 0.500. The van der Waals surface area contributed by atoms with Gasteiger partial charge in [0.15, 0.2) is 0 Å². The molecular formula is C14H17F2N5. The summed E-state index contributed by atoms with van der Waals surface area (Å²) in [6, 6.07) is 2.88. The summed E-state index contributed by atoms with van der Waals surface area (Å²) in [7, 11) is 1.55. The van der Waals surface area contributed by atoms with Gasteiger partial charge in [0.05, 0.1) is 12.6 Å². The van der Waals surface area contributed by atoms with Gasteiger partial charge in [-0.25, -0.2) is 8.78 Å². The average Bonchev–Trinajstić information content (AvgIpc) is 2.85. The van der Waals surface area contributed by atoms with E-state index in [-0.39, 0.29) is 17.4 Å². The van der Waals surface area contributed by atoms with E-state index in [1.807, 2.05) is 0 Å². The summed E-state index contributed by atoms with van der Waals surface area (Å²) in [5, 5.41) is 14.3. The van der Waals surface area contributed by atoms with Crippen LogP contribution in [0.5, 0.6) is 0 Å². The normalized spacial score (nSPS) is 16.1. The van der Waals surface area contributed by atoms with Crippen LogP contribution in [0.25, 0.3) is 11.4 Å². The third kappa shape index (κ3) is 3.01. The highest BCUT2D eigenvalue weighted by molar-refractivity contribution is 5.61. The van der Waals surface area contributed by atoms with Crippen LogP contribution in [0.3, 0.4) is 0 Å². The Hall–Kier alpha value is -2.05. The molecule has 7 heteroatoms. The molecule has 0 amide bonds. The van der Waals surface area contributed by atoms with E-state index in [0.29, 0.717) is 5.69 Å². The van der Waals surface area contributed by atoms with Gasteiger partial charge in [-0.2, -0.15) is 4.80 Å². The summed E-state index contributed by atoms with van der Waals surface area (Å²) < 4.78 is 28.3. The highest BCUT2D eigenvalue weighted by atomic mass is 19.1. The van der Waals surface area contributed by atoms with Crippen LogP contribution in [0.4, 0.5) is 14.5 Å². The summed E-state index contributed by atoms with van der Waals surface area (Å²) in [4.78, 5) is 1.17. The van der Waals surface area contributed by atoms with Gasteiger partial charge in [0, 0.05) is 11.7 Å². The molecule has 1 aromatic heterocycles. The van der Waals surface area contributed by atoms with E-state index in [0.717, 1.165) is 25.7 Å². The molecule has 1 fully saturated rings. The number of halogens is 2. The molecule has 1 heterocycles. The minimum absolute atomic E-state index is 0.0447. The van der Waals surface area contributed by atoms with E-state index >= 15 is 0 Å². The molecule has 2 aromatic rings. The molecule has 0 saturated heterocycles. The highest BCUT2D eigenvalue weighted by Crippen LogP contribution is 2.28. The standard InChI is InChI=1S/C14H17F2N5/c1-21-19-14(18-20-21)13-11(15)7-10(8-12(13)16)17-9-5-3-2-4-6-9/h7-9,17H,2-6H2,1H3. The van der Waals surface area contributed by atoms with Crippen molar-refractivity contribution in [3.63, 3.8) is 0 Å². The molecule has 0 aliphatic heterocycles. The number of aryl methyl sites for hydroxylation is 1. The molecule has 0 spiro atoms. The number of rotatable bonds is 3. The first kappa shape index (κ1) is 13.9. The Morgan fingerprint density at radius 3 is 2.38 bits per heavy atom. The number of tetrazole rings is 1. The lowest BCUT2D eigenvalue weighted by atomic mass is 9.95. The van der Waals surface area contributed by atoms with Crippen LogP contribution in [0, 0.1) is 11.6 Å². The van der Waals surface area contributed by atoms with Gasteiger partial charge in [0.25, 0.3) is 0 Å². The first-order chi connectivity index (χ1) is 10.1. The van der Waals surface area contributed by atoms with Gasteiger partial charge >= 0.3 is 0 Å². The highest BCUT2D eigenvalue weighted by Gasteiger charge is 2.19. The van der Waals surface area contributed by atoms with Crippen molar-refractivity contribution in [3.8, 4) is 11.4 Å². The first-order valence-electron chi connectivity index (χ1n) is 7.13. The SMILES string of the molecule is Cn1nnc(-c2c(F)cc(NC3CCCCC3)cc2F)n1. The number of hydrogen-bond acceptors (Lipinski definition) is 4. The first-order valence-corrected chi connectivity index (χ1v) is 7.13. The molecule has 0 radical (unpaired) electrons. The molecule has 0 atom stereocenters. The molecule has 1 N–H and O–H groups in total. The number of nitrogens with zero attached hydrogens (tertiary/aromatic N) is 4. The molecule has 3 rings (SSSR count). The van der Waals surface area contributed by atoms with Crippen molar-refractivity contribution in [2.45, 2.75) is 38.1 Å². The molecule has 0 unspecified atom stereocenters. The molecular weight excluding hydrogens is 276 g/mol. The monoisotopic (exact) mass is 293 g/mol. The summed E-state index contributed by atoms with van der Waals surface area (Å²) in [6.07, 6.45) is 5.63. The lowest BCUT2D eigenvalue weighted by Gasteiger charge is -2.24. The zero-order chi connectivity index (χ0) is 14.8. The number of aromatic nitrogens is 4. The second-order valence-electron chi connectivity index (χ2n) is 5.40. The van der Waals surface area contributed by atoms with Gasteiger partial charge < -0.3 is 5.32 Å². The van der Waals surface area contributed by atoms with Crippen LogP contribution in [0.2, 0.25) is 0 Å². The average molecular weight is 293 g/mol. The second kappa shape index (κ2) is 5.75. The maximum absolute atomic E-state index is 14.2. The molecule has 1 aliphatic rings. The van der Waals surface area contributed by atoms with Crippen molar-refractivity contribution in [2.24, 2.45) is 7.05 Å². The predicted molar refractivity (Wildman–Crippen MR) is 74.6 cm³/mol. The largest absolute Gasteiger partial charge is 0.382 e. The van der Waals surface area contributed by atoms with Crippen LogP contribution in [-0.2, 0) is 7.05 Å². The Kier molecular flexibility index (Phi) is 3.81. The minimum atomic E-state index is -0.679. The van der Waals surface area contributed by atoms with Crippen molar-refractivity contribution in [2.75, 3.05) is 5.32 Å². The summed E-state index contributed by atoms with van der Waals surface area (Å²) in [5.41, 5.74) is 0.224. The fourth-order valence-corrected chi connectivity index (χ4v) is 2.74. The number of benzene rings is 1. The molecule has 0 bridgehead atoms. The molecule has 5 nitrogen and oxygen atoms in total. The number of nitrogens with one attached hydrogen (secondary N) is 1. The number of hydrogen-bond donors (Lipinski definition) is 1. The van der Waals surface area contributed by atoms with Crippen LogP contribution >= 0.6 is 0 Å². The van der Waals surface area contributed by atoms with Gasteiger partial charge in [-0.05, 0) is 30.2 Å². The Balaban J connectivity index is 1.85. The lowest BCUT2D eigenvalue weighted by molar-refractivity contribution is 0.462. The summed E-state index contributed by atoms with van der Waals surface area (Å²) in [6.45, 7) is 0. The Labute approximate surface area is 121 Å². The third-order valence-corrected chi connectivity index (χ3v) is 3.75. The van der Waals surface area contributed by atoms with Crippen molar-refractivity contribution in [3.05, 3.63) is 23.8 Å². The molecule has 1 aromatic carbocycles. The van der Waals surface area contributed by atoms with Gasteiger partial charge in [-0.15, -0.1) is 10.2 Å². The van der Waals surface area contributed by atoms with E-state index in [1.165, 1.54) is 23.4 Å². The Bertz CT molecular complexity index is 611. The molecule has 21 heavy (non-hydrogen) atoms. The minimum Gasteiger partial charge on any atom is -0.382 e. The number of anilines is 1. The Morgan fingerprint density at radius 1 is 1.14 bits per heavy atom. The fourth-order valence-electron chi connectivity index (χ4n) is 2.74. The zero-order valence-corrected chi connectivity index (χ0v) is 11.8. The summed E-state index contributed by atoms with van der Waals surface area (Å²) >= 11 is 0. The quantitative estimate of drug-likeness (QED) is 0.945. The van der Waals surface area contributed by atoms with E-state index in [4.69, 9.17) is 0 Å². The van der Waals surface area contributed by atoms with Gasteiger partial charge in [0.2, 0.25) is 5.82 Å².